The van der Waals surface area contributed by atoms with E-state index in [1.807, 2.05) is 30.3 Å². The first-order valence-electron chi connectivity index (χ1n) is 7.10. The van der Waals surface area contributed by atoms with Gasteiger partial charge >= 0.3 is 6.09 Å². The second kappa shape index (κ2) is 7.68. The van der Waals surface area contributed by atoms with Gasteiger partial charge in [0.2, 0.25) is 6.29 Å². The minimum absolute atomic E-state index is 0.0938. The monoisotopic (exact) mass is 274 g/mol. The van der Waals surface area contributed by atoms with Crippen LogP contribution in [0, 0.1) is 11.8 Å². The topological polar surface area (TPSA) is 55.4 Å². The Balaban J connectivity index is 1.62. The number of benzene rings is 1. The Morgan fingerprint density at radius 1 is 1.20 bits per heavy atom. The van der Waals surface area contributed by atoms with E-state index >= 15 is 0 Å². The van der Waals surface area contributed by atoms with E-state index in [-0.39, 0.29) is 12.0 Å². The molecule has 4 nitrogen and oxygen atoms in total. The summed E-state index contributed by atoms with van der Waals surface area (Å²) in [6.45, 7) is 0.915. The van der Waals surface area contributed by atoms with Gasteiger partial charge in [-0.1, -0.05) is 30.3 Å². The van der Waals surface area contributed by atoms with E-state index in [1.165, 1.54) is 0 Å². The second-order valence-corrected chi connectivity index (χ2v) is 5.28. The van der Waals surface area contributed by atoms with E-state index in [0.717, 1.165) is 31.2 Å². The highest BCUT2D eigenvalue weighted by Crippen LogP contribution is 2.26. The molecule has 0 unspecified atom stereocenters. The Kier molecular flexibility index (Phi) is 5.59. The van der Waals surface area contributed by atoms with Crippen LogP contribution >= 0.6 is 0 Å². The predicted molar refractivity (Wildman–Crippen MR) is 75.8 cm³/mol. The van der Waals surface area contributed by atoms with E-state index < -0.39 is 0 Å². The first-order chi connectivity index (χ1) is 9.78. The molecule has 0 spiro atoms. The van der Waals surface area contributed by atoms with E-state index in [4.69, 9.17) is 4.74 Å². The maximum atomic E-state index is 11.6. The van der Waals surface area contributed by atoms with Crippen molar-refractivity contribution >= 4 is 12.4 Å². The van der Waals surface area contributed by atoms with Gasteiger partial charge in [-0.2, -0.15) is 0 Å². The third-order valence-electron chi connectivity index (χ3n) is 3.76. The van der Waals surface area contributed by atoms with Crippen LogP contribution in [0.2, 0.25) is 0 Å². The number of carbonyl (C=O) groups excluding carboxylic acids is 2. The van der Waals surface area contributed by atoms with Gasteiger partial charge in [0.25, 0.3) is 0 Å². The van der Waals surface area contributed by atoms with Crippen LogP contribution in [0.25, 0.3) is 0 Å². The normalized spacial score (nSPS) is 22.0. The molecule has 2 rings (SSSR count). The van der Waals surface area contributed by atoms with Gasteiger partial charge in [-0.05, 0) is 37.2 Å². The molecule has 0 bridgehead atoms. The summed E-state index contributed by atoms with van der Waals surface area (Å²) in [4.78, 5) is 22.1. The molecule has 4 heteroatoms. The summed E-state index contributed by atoms with van der Waals surface area (Å²) in [5.74, 6) is 0.542. The van der Waals surface area contributed by atoms with Crippen LogP contribution in [0.3, 0.4) is 0 Å². The summed E-state index contributed by atoms with van der Waals surface area (Å²) in [6, 6.07) is 9.60. The van der Waals surface area contributed by atoms with E-state index in [2.05, 4.69) is 11.6 Å². The second-order valence-electron chi connectivity index (χ2n) is 5.28. The van der Waals surface area contributed by atoms with Crippen LogP contribution in [0.5, 0.6) is 0 Å². The van der Waals surface area contributed by atoms with Crippen LogP contribution in [-0.2, 0) is 16.1 Å². The fraction of sp³-hybridized carbons (Fsp3) is 0.500. The quantitative estimate of drug-likeness (QED) is 0.898. The first kappa shape index (κ1) is 14.6. The molecule has 107 valence electrons. The summed E-state index contributed by atoms with van der Waals surface area (Å²) in [7, 11) is 0. The molecule has 0 atom stereocenters. The third kappa shape index (κ3) is 4.68. The van der Waals surface area contributed by atoms with Gasteiger partial charge in [0.05, 0.1) is 0 Å². The first-order valence-corrected chi connectivity index (χ1v) is 7.10. The summed E-state index contributed by atoms with van der Waals surface area (Å²) in [5, 5.41) is 2.80. The maximum absolute atomic E-state index is 11.6. The van der Waals surface area contributed by atoms with Gasteiger partial charge in [-0.15, -0.1) is 0 Å². The smallest absolute Gasteiger partial charge is 0.407 e. The zero-order valence-electron chi connectivity index (χ0n) is 11.5. The number of hydrogen-bond donors (Lipinski definition) is 1. The van der Waals surface area contributed by atoms with Gasteiger partial charge in [0, 0.05) is 12.5 Å². The Morgan fingerprint density at radius 3 is 2.55 bits per heavy atom. The highest BCUT2D eigenvalue weighted by molar-refractivity contribution is 5.67. The van der Waals surface area contributed by atoms with Gasteiger partial charge in [-0.25, -0.2) is 4.79 Å². The molecule has 1 saturated carbocycles. The van der Waals surface area contributed by atoms with E-state index in [1.54, 1.807) is 0 Å². The van der Waals surface area contributed by atoms with Crippen molar-refractivity contribution in [3.63, 3.8) is 0 Å². The van der Waals surface area contributed by atoms with Crippen molar-refractivity contribution in [2.75, 3.05) is 6.54 Å². The van der Waals surface area contributed by atoms with E-state index in [9.17, 15) is 9.59 Å². The Morgan fingerprint density at radius 2 is 1.90 bits per heavy atom. The molecule has 1 aromatic rings. The van der Waals surface area contributed by atoms with Crippen molar-refractivity contribution in [2.24, 2.45) is 11.8 Å². The largest absolute Gasteiger partial charge is 0.445 e. The predicted octanol–water partition coefficient (Wildman–Crippen LogP) is 2.83. The molecular formula is C16H20NO3. The lowest BCUT2D eigenvalue weighted by Gasteiger charge is -2.24. The molecule has 1 fully saturated rings. The number of nitrogens with one attached hydrogen (secondary N) is 1. The Labute approximate surface area is 119 Å². The molecule has 1 aliphatic carbocycles. The number of amides is 1. The summed E-state index contributed by atoms with van der Waals surface area (Å²) in [6.07, 6.45) is 5.40. The van der Waals surface area contributed by atoms with Crippen molar-refractivity contribution < 1.29 is 14.3 Å². The zero-order chi connectivity index (χ0) is 14.2. The molecule has 1 amide bonds. The number of ether oxygens (including phenoxy) is 1. The zero-order valence-corrected chi connectivity index (χ0v) is 11.5. The average Bonchev–Trinajstić information content (AvgIpc) is 2.52. The highest BCUT2D eigenvalue weighted by atomic mass is 16.5. The highest BCUT2D eigenvalue weighted by Gasteiger charge is 2.21. The van der Waals surface area contributed by atoms with E-state index in [0.29, 0.717) is 19.1 Å². The van der Waals surface area contributed by atoms with Crippen molar-refractivity contribution in [2.45, 2.75) is 32.3 Å². The molecule has 0 saturated heterocycles. The fourth-order valence-corrected chi connectivity index (χ4v) is 2.49. The number of rotatable bonds is 5. The van der Waals surface area contributed by atoms with Gasteiger partial charge in [-0.3, -0.25) is 4.79 Å². The molecule has 1 aromatic carbocycles. The molecule has 0 aliphatic heterocycles. The molecule has 0 aromatic heterocycles. The van der Waals surface area contributed by atoms with Crippen molar-refractivity contribution in [3.8, 4) is 0 Å². The van der Waals surface area contributed by atoms with Gasteiger partial charge in [0.15, 0.2) is 0 Å². The van der Waals surface area contributed by atoms with Crippen LogP contribution < -0.4 is 5.32 Å². The van der Waals surface area contributed by atoms with Crippen molar-refractivity contribution in [1.29, 1.82) is 0 Å². The number of hydrogen-bond acceptors (Lipinski definition) is 3. The van der Waals surface area contributed by atoms with Crippen LogP contribution in [-0.4, -0.2) is 18.9 Å². The van der Waals surface area contributed by atoms with Crippen LogP contribution in [0.4, 0.5) is 4.79 Å². The molecule has 1 aliphatic rings. The summed E-state index contributed by atoms with van der Waals surface area (Å²) < 4.78 is 5.15. The number of alkyl carbamates (subject to hydrolysis) is 1. The average molecular weight is 274 g/mol. The Bertz CT molecular complexity index is 425. The molecule has 1 N–H and O–H groups in total. The molecule has 1 radical (unpaired) electrons. The van der Waals surface area contributed by atoms with Crippen LogP contribution in [0.15, 0.2) is 30.3 Å². The lowest BCUT2D eigenvalue weighted by atomic mass is 9.83. The molecule has 0 heterocycles. The third-order valence-corrected chi connectivity index (χ3v) is 3.76. The van der Waals surface area contributed by atoms with Crippen molar-refractivity contribution in [3.05, 3.63) is 35.9 Å². The SMILES string of the molecule is O=[C]C1CCC(CNC(=O)OCc2ccccc2)CC1. The summed E-state index contributed by atoms with van der Waals surface area (Å²) in [5.41, 5.74) is 0.977. The minimum atomic E-state index is -0.377. The minimum Gasteiger partial charge on any atom is -0.445 e. The van der Waals surface area contributed by atoms with Crippen molar-refractivity contribution in [1.82, 2.24) is 5.32 Å². The molecular weight excluding hydrogens is 254 g/mol. The maximum Gasteiger partial charge on any atom is 0.407 e. The lowest BCUT2D eigenvalue weighted by molar-refractivity contribution is 0.136. The summed E-state index contributed by atoms with van der Waals surface area (Å²) >= 11 is 0. The fourth-order valence-electron chi connectivity index (χ4n) is 2.49. The Hall–Kier alpha value is -1.84. The van der Waals surface area contributed by atoms with Crippen LogP contribution in [0.1, 0.15) is 31.2 Å². The lowest BCUT2D eigenvalue weighted by Crippen LogP contribution is -2.31. The molecule has 20 heavy (non-hydrogen) atoms. The standard InChI is InChI=1S/C16H20NO3/c18-11-14-8-6-13(7-9-14)10-17-16(19)20-12-15-4-2-1-3-5-15/h1-5,13-14H,6-10,12H2,(H,17,19). The van der Waals surface area contributed by atoms with Gasteiger partial charge < -0.3 is 10.1 Å². The van der Waals surface area contributed by atoms with Gasteiger partial charge in [0.1, 0.15) is 6.61 Å². The number of carbonyl (C=O) groups is 1.